The quantitative estimate of drug-likeness (QED) is 0.697. The van der Waals surface area contributed by atoms with Crippen LogP contribution >= 0.6 is 0 Å². The number of likely N-dealkylation sites (N-methyl/N-ethyl adjacent to an activating group) is 1. The molecule has 2 aromatic carbocycles. The molecule has 0 saturated heterocycles. The lowest BCUT2D eigenvalue weighted by atomic mass is 9.98. The van der Waals surface area contributed by atoms with Gasteiger partial charge in [0.05, 0.1) is 43.2 Å². The molecule has 0 saturated carbocycles. The number of hydrogen-bond acceptors (Lipinski definition) is 3. The van der Waals surface area contributed by atoms with Crippen LogP contribution in [0.15, 0.2) is 57.7 Å². The predicted molar refractivity (Wildman–Crippen MR) is 109 cm³/mol. The topological polar surface area (TPSA) is 55.0 Å². The number of para-hydroxylation sites is 1. The Balaban J connectivity index is 1.85. The van der Waals surface area contributed by atoms with Crippen molar-refractivity contribution in [3.63, 3.8) is 0 Å². The average molecular weight is 395 g/mol. The number of benzene rings is 2. The van der Waals surface area contributed by atoms with E-state index in [2.05, 4.69) is 13.8 Å². The van der Waals surface area contributed by atoms with Gasteiger partial charge in [-0.05, 0) is 43.7 Å². The highest BCUT2D eigenvalue weighted by Crippen LogP contribution is 2.37. The fourth-order valence-corrected chi connectivity index (χ4v) is 4.07. The van der Waals surface area contributed by atoms with Crippen molar-refractivity contribution >= 4 is 16.9 Å². The Labute approximate surface area is 168 Å². The van der Waals surface area contributed by atoms with E-state index in [4.69, 9.17) is 4.42 Å². The molecular weight excluding hydrogens is 371 g/mol. The van der Waals surface area contributed by atoms with E-state index >= 15 is 0 Å². The number of hydrogen-bond donors (Lipinski definition) is 1. The molecule has 1 N–H and O–H groups in total. The molecule has 1 aromatic heterocycles. The van der Waals surface area contributed by atoms with Crippen molar-refractivity contribution < 1.29 is 18.5 Å². The predicted octanol–water partition coefficient (Wildman–Crippen LogP) is 2.40. The monoisotopic (exact) mass is 395 g/mol. The highest BCUT2D eigenvalue weighted by molar-refractivity contribution is 5.99. The molecule has 0 aliphatic carbocycles. The zero-order valence-electron chi connectivity index (χ0n) is 16.6. The summed E-state index contributed by atoms with van der Waals surface area (Å²) in [6.07, 6.45) is 0. The molecule has 0 fully saturated rings. The number of rotatable bonds is 6. The SMILES string of the molecule is CC[NH+](CC)CCN1C(=O)c2oc3ccccc3c(=O)c2[C@H]1c1ccc(F)cc1. The number of carbonyl (C=O) groups is 1. The standard InChI is InChI=1S/C23H23FN2O3/c1-3-25(4-2)13-14-26-20(15-9-11-16(24)12-10-15)19-21(27)17-7-5-6-8-18(17)29-22(19)23(26)28/h5-12,20H,3-4,13-14H2,1-2H3/p+1/t20-/m1/s1. The number of quaternary nitrogens is 1. The van der Waals surface area contributed by atoms with Crippen LogP contribution in [0.5, 0.6) is 0 Å². The van der Waals surface area contributed by atoms with E-state index in [1.807, 2.05) is 0 Å². The van der Waals surface area contributed by atoms with Crippen LogP contribution < -0.4 is 10.3 Å². The van der Waals surface area contributed by atoms with Crippen molar-refractivity contribution in [3.05, 3.63) is 81.5 Å². The molecule has 0 radical (unpaired) electrons. The zero-order chi connectivity index (χ0) is 20.5. The van der Waals surface area contributed by atoms with Crippen molar-refractivity contribution in [2.45, 2.75) is 19.9 Å². The van der Waals surface area contributed by atoms with Crippen LogP contribution in [0.2, 0.25) is 0 Å². The number of amides is 1. The third-order valence-electron chi connectivity index (χ3n) is 5.77. The molecule has 0 unspecified atom stereocenters. The van der Waals surface area contributed by atoms with Crippen molar-refractivity contribution in [2.24, 2.45) is 0 Å². The summed E-state index contributed by atoms with van der Waals surface area (Å²) in [6.45, 7) is 7.36. The summed E-state index contributed by atoms with van der Waals surface area (Å²) in [4.78, 5) is 29.6. The van der Waals surface area contributed by atoms with Crippen molar-refractivity contribution in [1.82, 2.24) is 4.90 Å². The van der Waals surface area contributed by atoms with Gasteiger partial charge in [-0.3, -0.25) is 9.59 Å². The summed E-state index contributed by atoms with van der Waals surface area (Å²) in [5.41, 5.74) is 1.24. The smallest absolute Gasteiger partial charge is 0.291 e. The molecule has 2 heterocycles. The molecule has 4 rings (SSSR count). The van der Waals surface area contributed by atoms with Gasteiger partial charge in [-0.15, -0.1) is 0 Å². The molecule has 0 bridgehead atoms. The molecular formula is C23H24FN2O3+. The van der Waals surface area contributed by atoms with Gasteiger partial charge in [-0.1, -0.05) is 24.3 Å². The number of halogens is 1. The summed E-state index contributed by atoms with van der Waals surface area (Å²) in [7, 11) is 0. The molecule has 6 heteroatoms. The lowest BCUT2D eigenvalue weighted by Gasteiger charge is -2.26. The molecule has 5 nitrogen and oxygen atoms in total. The number of nitrogens with one attached hydrogen (secondary N) is 1. The summed E-state index contributed by atoms with van der Waals surface area (Å²) < 4.78 is 19.4. The van der Waals surface area contributed by atoms with Crippen molar-refractivity contribution in [3.8, 4) is 0 Å². The maximum Gasteiger partial charge on any atom is 0.291 e. The lowest BCUT2D eigenvalue weighted by Crippen LogP contribution is -3.12. The van der Waals surface area contributed by atoms with Crippen LogP contribution in [0, 0.1) is 5.82 Å². The van der Waals surface area contributed by atoms with Gasteiger partial charge in [0.15, 0.2) is 5.43 Å². The third-order valence-corrected chi connectivity index (χ3v) is 5.77. The maximum absolute atomic E-state index is 13.5. The van der Waals surface area contributed by atoms with Crippen LogP contribution in [0.25, 0.3) is 11.0 Å². The second-order valence-corrected chi connectivity index (χ2v) is 7.33. The van der Waals surface area contributed by atoms with E-state index in [0.29, 0.717) is 28.6 Å². The van der Waals surface area contributed by atoms with E-state index in [1.54, 1.807) is 41.3 Å². The average Bonchev–Trinajstić information content (AvgIpc) is 3.02. The van der Waals surface area contributed by atoms with Crippen LogP contribution in [0.4, 0.5) is 4.39 Å². The van der Waals surface area contributed by atoms with Crippen molar-refractivity contribution in [2.75, 3.05) is 26.2 Å². The molecule has 1 aliphatic heterocycles. The molecule has 1 atom stereocenters. The minimum absolute atomic E-state index is 0.0950. The van der Waals surface area contributed by atoms with Gasteiger partial charge < -0.3 is 14.2 Å². The molecule has 1 aliphatic rings. The highest BCUT2D eigenvalue weighted by atomic mass is 19.1. The van der Waals surface area contributed by atoms with Crippen LogP contribution in [0.3, 0.4) is 0 Å². The largest absolute Gasteiger partial charge is 0.450 e. The van der Waals surface area contributed by atoms with Crippen LogP contribution in [-0.2, 0) is 0 Å². The summed E-state index contributed by atoms with van der Waals surface area (Å²) >= 11 is 0. The minimum Gasteiger partial charge on any atom is -0.450 e. The first kappa shape index (κ1) is 19.3. The molecule has 150 valence electrons. The number of carbonyl (C=O) groups excluding carboxylic acids is 1. The fraction of sp³-hybridized carbons (Fsp3) is 0.304. The molecule has 0 spiro atoms. The van der Waals surface area contributed by atoms with E-state index in [9.17, 15) is 14.0 Å². The summed E-state index contributed by atoms with van der Waals surface area (Å²) in [5.74, 6) is -0.552. The van der Waals surface area contributed by atoms with Crippen molar-refractivity contribution in [1.29, 1.82) is 0 Å². The molecule has 1 amide bonds. The Morgan fingerprint density at radius 3 is 2.41 bits per heavy atom. The third kappa shape index (κ3) is 3.34. The van der Waals surface area contributed by atoms with Crippen LogP contribution in [-0.4, -0.2) is 37.0 Å². The summed E-state index contributed by atoms with van der Waals surface area (Å²) in [5, 5.41) is 0.447. The van der Waals surface area contributed by atoms with E-state index in [1.165, 1.54) is 17.0 Å². The van der Waals surface area contributed by atoms with E-state index in [0.717, 1.165) is 19.6 Å². The molecule has 3 aromatic rings. The Kier molecular flexibility index (Phi) is 5.20. The van der Waals surface area contributed by atoms with Gasteiger partial charge in [0, 0.05) is 0 Å². The van der Waals surface area contributed by atoms with Gasteiger partial charge in [0.25, 0.3) is 5.91 Å². The first-order valence-corrected chi connectivity index (χ1v) is 10.0. The highest BCUT2D eigenvalue weighted by Gasteiger charge is 2.42. The number of nitrogens with zero attached hydrogens (tertiary/aromatic N) is 1. The first-order valence-electron chi connectivity index (χ1n) is 10.0. The molecule has 29 heavy (non-hydrogen) atoms. The normalized spacial score (nSPS) is 16.1. The Morgan fingerprint density at radius 2 is 1.72 bits per heavy atom. The zero-order valence-corrected chi connectivity index (χ0v) is 16.6. The van der Waals surface area contributed by atoms with Gasteiger partial charge in [0.1, 0.15) is 11.4 Å². The second kappa shape index (κ2) is 7.79. The number of fused-ring (bicyclic) bond motifs is 2. The van der Waals surface area contributed by atoms with E-state index < -0.39 is 6.04 Å². The van der Waals surface area contributed by atoms with Gasteiger partial charge in [-0.25, -0.2) is 4.39 Å². The first-order chi connectivity index (χ1) is 14.0. The van der Waals surface area contributed by atoms with Gasteiger partial charge >= 0.3 is 0 Å². The fourth-order valence-electron chi connectivity index (χ4n) is 4.07. The Bertz CT molecular complexity index is 1100. The van der Waals surface area contributed by atoms with Crippen LogP contribution in [0.1, 0.15) is 41.6 Å². The second-order valence-electron chi connectivity index (χ2n) is 7.33. The van der Waals surface area contributed by atoms with Gasteiger partial charge in [0.2, 0.25) is 5.76 Å². The van der Waals surface area contributed by atoms with E-state index in [-0.39, 0.29) is 22.9 Å². The summed E-state index contributed by atoms with van der Waals surface area (Å²) in [6, 6.07) is 12.3. The maximum atomic E-state index is 13.5. The Morgan fingerprint density at radius 1 is 1.03 bits per heavy atom. The minimum atomic E-state index is -0.575. The van der Waals surface area contributed by atoms with Gasteiger partial charge in [-0.2, -0.15) is 0 Å². The lowest BCUT2D eigenvalue weighted by molar-refractivity contribution is -0.895. The Hall–Kier alpha value is -2.99.